The van der Waals surface area contributed by atoms with E-state index in [4.69, 9.17) is 5.73 Å². The highest BCUT2D eigenvalue weighted by Gasteiger charge is 1.99. The molecule has 0 aliphatic rings. The topological polar surface area (TPSA) is 93.6 Å². The highest BCUT2D eigenvalue weighted by molar-refractivity contribution is 5.80. The van der Waals surface area contributed by atoms with E-state index in [0.29, 0.717) is 17.0 Å². The summed E-state index contributed by atoms with van der Waals surface area (Å²) in [6.45, 7) is 0. The highest BCUT2D eigenvalue weighted by Crippen LogP contribution is 2.09. The molecular weight excluding hydrogens is 194 g/mol. The maximum absolute atomic E-state index is 5.48. The lowest BCUT2D eigenvalue weighted by molar-refractivity contribution is 0.567. The van der Waals surface area contributed by atoms with E-state index in [1.807, 2.05) is 12.1 Å². The summed E-state index contributed by atoms with van der Waals surface area (Å²) in [6.07, 6.45) is 6.17. The number of nitrogen functional groups attached to an aromatic ring is 1. The van der Waals surface area contributed by atoms with Gasteiger partial charge in [-0.05, 0) is 12.1 Å². The fourth-order valence-corrected chi connectivity index (χ4v) is 1.01. The average Bonchev–Trinajstić information content (AvgIpc) is 2.93. The molecule has 0 fully saturated rings. The number of imidazole rings is 1. The van der Waals surface area contributed by atoms with Crippen molar-refractivity contribution in [1.82, 2.24) is 19.9 Å². The van der Waals surface area contributed by atoms with Crippen molar-refractivity contribution < 1.29 is 4.42 Å². The van der Waals surface area contributed by atoms with Gasteiger partial charge in [0.25, 0.3) is 0 Å². The zero-order valence-corrected chi connectivity index (χ0v) is 7.79. The van der Waals surface area contributed by atoms with E-state index >= 15 is 0 Å². The van der Waals surface area contributed by atoms with E-state index in [9.17, 15) is 0 Å². The third kappa shape index (κ3) is 2.11. The lowest BCUT2D eigenvalue weighted by atomic mass is 10.5. The van der Waals surface area contributed by atoms with Crippen LogP contribution in [0.1, 0.15) is 0 Å². The molecule has 0 saturated heterocycles. The molecule has 6 heteroatoms. The number of nitrogens with one attached hydrogen (secondary N) is 1. The zero-order chi connectivity index (χ0) is 10.5. The summed E-state index contributed by atoms with van der Waals surface area (Å²) in [5, 5.41) is 0. The van der Waals surface area contributed by atoms with E-state index < -0.39 is 0 Å². The average molecular weight is 203 g/mol. The Morgan fingerprint density at radius 1 is 1.13 bits per heavy atom. The number of nitrogens with zero attached hydrogens (tertiary/aromatic N) is 3. The fraction of sp³-hybridized carbons (Fsp3) is 0. The van der Waals surface area contributed by atoms with Gasteiger partial charge in [-0.2, -0.15) is 0 Å². The number of hydrogen-bond donors (Lipinski definition) is 2. The van der Waals surface area contributed by atoms with Gasteiger partial charge in [-0.1, -0.05) is 0 Å². The molecule has 0 aliphatic heterocycles. The van der Waals surface area contributed by atoms with Gasteiger partial charge in [-0.15, -0.1) is 0 Å². The lowest BCUT2D eigenvalue weighted by Crippen LogP contribution is -1.91. The van der Waals surface area contributed by atoms with Crippen molar-refractivity contribution in [2.75, 3.05) is 5.73 Å². The Kier molecular flexibility index (Phi) is 2.59. The SMILES string of the molecule is Nc1ncnc2nc[nH]c12.c1ccoc1. The fourth-order valence-electron chi connectivity index (χ4n) is 1.01. The second-order valence-electron chi connectivity index (χ2n) is 2.65. The summed E-state index contributed by atoms with van der Waals surface area (Å²) >= 11 is 0. The predicted octanol–water partition coefficient (Wildman–Crippen LogP) is 1.21. The number of nitrogens with two attached hydrogens (primary N) is 1. The first-order valence-electron chi connectivity index (χ1n) is 4.24. The molecule has 6 nitrogen and oxygen atoms in total. The molecule has 0 atom stereocenters. The van der Waals surface area contributed by atoms with Crippen molar-refractivity contribution in [3.8, 4) is 0 Å². The van der Waals surface area contributed by atoms with E-state index in [2.05, 4.69) is 24.4 Å². The summed E-state index contributed by atoms with van der Waals surface area (Å²) in [6, 6.07) is 3.67. The minimum atomic E-state index is 0.433. The monoisotopic (exact) mass is 203 g/mol. The molecule has 0 radical (unpaired) electrons. The molecule has 15 heavy (non-hydrogen) atoms. The molecule has 76 valence electrons. The first-order chi connectivity index (χ1) is 7.38. The number of aromatic amines is 1. The Labute approximate surface area is 85.2 Å². The van der Waals surface area contributed by atoms with Gasteiger partial charge in [0.2, 0.25) is 0 Å². The van der Waals surface area contributed by atoms with Gasteiger partial charge in [-0.25, -0.2) is 15.0 Å². The summed E-state index contributed by atoms with van der Waals surface area (Å²) < 4.78 is 4.58. The molecule has 0 aliphatic carbocycles. The number of fused-ring (bicyclic) bond motifs is 1. The van der Waals surface area contributed by atoms with Gasteiger partial charge in [0.1, 0.15) is 11.8 Å². The molecule has 0 saturated carbocycles. The number of H-pyrrole nitrogens is 1. The molecule has 3 rings (SSSR count). The molecule has 0 spiro atoms. The molecule has 3 aromatic heterocycles. The molecule has 3 heterocycles. The largest absolute Gasteiger partial charge is 0.473 e. The maximum Gasteiger partial charge on any atom is 0.182 e. The molecule has 0 amide bonds. The van der Waals surface area contributed by atoms with Gasteiger partial charge in [-0.3, -0.25) is 0 Å². The minimum absolute atomic E-state index is 0.433. The van der Waals surface area contributed by atoms with Gasteiger partial charge in [0.15, 0.2) is 11.5 Å². The number of hydrogen-bond acceptors (Lipinski definition) is 5. The van der Waals surface area contributed by atoms with Crippen LogP contribution in [0.3, 0.4) is 0 Å². The molecule has 0 aromatic carbocycles. The second kappa shape index (κ2) is 4.23. The second-order valence-corrected chi connectivity index (χ2v) is 2.65. The Balaban J connectivity index is 0.000000144. The van der Waals surface area contributed by atoms with Crippen LogP contribution in [-0.2, 0) is 0 Å². The number of furan rings is 1. The van der Waals surface area contributed by atoms with Crippen molar-refractivity contribution in [2.24, 2.45) is 0 Å². The molecular formula is C9H9N5O. The van der Waals surface area contributed by atoms with Crippen LogP contribution >= 0.6 is 0 Å². The first kappa shape index (κ1) is 9.20. The van der Waals surface area contributed by atoms with Crippen LogP contribution < -0.4 is 5.73 Å². The highest BCUT2D eigenvalue weighted by atomic mass is 16.3. The van der Waals surface area contributed by atoms with Gasteiger partial charge in [0, 0.05) is 0 Å². The quantitative estimate of drug-likeness (QED) is 0.572. The minimum Gasteiger partial charge on any atom is -0.473 e. The summed E-state index contributed by atoms with van der Waals surface area (Å²) in [4.78, 5) is 14.4. The Morgan fingerprint density at radius 3 is 2.53 bits per heavy atom. The van der Waals surface area contributed by atoms with Crippen molar-refractivity contribution in [2.45, 2.75) is 0 Å². The molecule has 3 N–H and O–H groups in total. The summed E-state index contributed by atoms with van der Waals surface area (Å²) in [5.41, 5.74) is 6.78. The summed E-state index contributed by atoms with van der Waals surface area (Å²) in [5.74, 6) is 0.433. The van der Waals surface area contributed by atoms with Crippen molar-refractivity contribution >= 4 is 17.0 Å². The van der Waals surface area contributed by atoms with E-state index in [1.165, 1.54) is 12.7 Å². The number of aromatic nitrogens is 4. The van der Waals surface area contributed by atoms with Crippen LogP contribution in [0.15, 0.2) is 41.7 Å². The third-order valence-corrected chi connectivity index (χ3v) is 1.68. The van der Waals surface area contributed by atoms with Gasteiger partial charge < -0.3 is 15.1 Å². The lowest BCUT2D eigenvalue weighted by Gasteiger charge is -1.89. The Bertz CT molecular complexity index is 499. The standard InChI is InChI=1S/C5H5N5.C4H4O/c6-4-3-5(9-1-7-3)10-2-8-4;1-2-4-5-3-1/h1-2H,(H3,6,7,8,9,10);1-4H. The zero-order valence-electron chi connectivity index (χ0n) is 7.79. The van der Waals surface area contributed by atoms with Crippen LogP contribution in [0, 0.1) is 0 Å². The molecule has 0 bridgehead atoms. The molecule has 0 unspecified atom stereocenters. The van der Waals surface area contributed by atoms with Crippen molar-refractivity contribution in [3.05, 3.63) is 37.3 Å². The van der Waals surface area contributed by atoms with Gasteiger partial charge in [0.05, 0.1) is 18.9 Å². The van der Waals surface area contributed by atoms with Crippen LogP contribution in [0.4, 0.5) is 5.82 Å². The normalized spacial score (nSPS) is 9.60. The van der Waals surface area contributed by atoms with Crippen molar-refractivity contribution in [3.63, 3.8) is 0 Å². The smallest absolute Gasteiger partial charge is 0.182 e. The van der Waals surface area contributed by atoms with E-state index in [0.717, 1.165) is 0 Å². The van der Waals surface area contributed by atoms with Crippen LogP contribution in [-0.4, -0.2) is 19.9 Å². The van der Waals surface area contributed by atoms with E-state index in [-0.39, 0.29) is 0 Å². The Hall–Kier alpha value is -2.37. The van der Waals surface area contributed by atoms with Gasteiger partial charge >= 0.3 is 0 Å². The van der Waals surface area contributed by atoms with E-state index in [1.54, 1.807) is 12.5 Å². The van der Waals surface area contributed by atoms with Crippen molar-refractivity contribution in [1.29, 1.82) is 0 Å². The van der Waals surface area contributed by atoms with Crippen LogP contribution in [0.2, 0.25) is 0 Å². The van der Waals surface area contributed by atoms with Crippen LogP contribution in [0.5, 0.6) is 0 Å². The maximum atomic E-state index is 5.48. The number of anilines is 1. The number of rotatable bonds is 0. The Morgan fingerprint density at radius 2 is 1.93 bits per heavy atom. The predicted molar refractivity (Wildman–Crippen MR) is 54.8 cm³/mol. The first-order valence-corrected chi connectivity index (χ1v) is 4.24. The third-order valence-electron chi connectivity index (χ3n) is 1.68. The molecule has 3 aromatic rings. The summed E-state index contributed by atoms with van der Waals surface area (Å²) in [7, 11) is 0. The van der Waals surface area contributed by atoms with Crippen LogP contribution in [0.25, 0.3) is 11.2 Å².